The fourth-order valence-electron chi connectivity index (χ4n) is 4.34. The normalized spacial score (nSPS) is 13.8. The maximum absolute atomic E-state index is 12.7. The molecule has 0 unspecified atom stereocenters. The number of rotatable bonds is 9. The lowest BCUT2D eigenvalue weighted by molar-refractivity contribution is 0.0940. The van der Waals surface area contributed by atoms with E-state index in [1.165, 1.54) is 17.7 Å². The van der Waals surface area contributed by atoms with E-state index in [-0.39, 0.29) is 58.8 Å². The molecule has 0 bridgehead atoms. The van der Waals surface area contributed by atoms with Crippen molar-refractivity contribution in [1.29, 1.82) is 0 Å². The second-order valence-electron chi connectivity index (χ2n) is 8.80. The Hall–Kier alpha value is -3.75. The van der Waals surface area contributed by atoms with E-state index >= 15 is 0 Å². The average molecular weight is 555 g/mol. The second kappa shape index (κ2) is 12.7. The van der Waals surface area contributed by atoms with E-state index in [4.69, 9.17) is 27.9 Å². The molecule has 1 aliphatic carbocycles. The number of benzene rings is 3. The van der Waals surface area contributed by atoms with E-state index in [2.05, 4.69) is 27.3 Å². The van der Waals surface area contributed by atoms with Gasteiger partial charge in [-0.3, -0.25) is 9.59 Å². The first-order valence-electron chi connectivity index (χ1n) is 12.2. The van der Waals surface area contributed by atoms with Crippen molar-refractivity contribution in [2.75, 3.05) is 20.2 Å². The van der Waals surface area contributed by atoms with Gasteiger partial charge in [0.05, 0.1) is 28.8 Å². The number of ether oxygens (including phenoxy) is 1. The lowest BCUT2D eigenvalue weighted by Crippen LogP contribution is -2.41. The van der Waals surface area contributed by atoms with Gasteiger partial charge < -0.3 is 26.0 Å². The second-order valence-corrected chi connectivity index (χ2v) is 9.61. The molecule has 0 saturated heterocycles. The van der Waals surface area contributed by atoms with Crippen LogP contribution < -0.4 is 26.0 Å². The Kier molecular flexibility index (Phi) is 9.10. The smallest absolute Gasteiger partial charge is 0.315 e. The first-order valence-corrected chi connectivity index (χ1v) is 12.9. The van der Waals surface area contributed by atoms with Gasteiger partial charge in [0, 0.05) is 25.2 Å². The largest absolute Gasteiger partial charge is 0.497 e. The van der Waals surface area contributed by atoms with Crippen LogP contribution in [-0.4, -0.2) is 38.0 Å². The molecule has 3 aromatic rings. The van der Waals surface area contributed by atoms with Crippen LogP contribution in [0, 0.1) is 0 Å². The van der Waals surface area contributed by atoms with Crippen LogP contribution in [0.1, 0.15) is 49.9 Å². The summed E-state index contributed by atoms with van der Waals surface area (Å²) in [5, 5.41) is 11.3. The average Bonchev–Trinajstić information content (AvgIpc) is 3.32. The molecule has 10 heteroatoms. The zero-order chi connectivity index (χ0) is 27.1. The molecule has 0 heterocycles. The van der Waals surface area contributed by atoms with Gasteiger partial charge in [0.15, 0.2) is 0 Å². The van der Waals surface area contributed by atoms with Crippen molar-refractivity contribution in [3.05, 3.63) is 98.5 Å². The maximum atomic E-state index is 12.7. The van der Waals surface area contributed by atoms with Gasteiger partial charge in [0.25, 0.3) is 11.8 Å². The molecule has 1 aliphatic rings. The van der Waals surface area contributed by atoms with Crippen LogP contribution in [-0.2, 0) is 13.0 Å². The summed E-state index contributed by atoms with van der Waals surface area (Å²) in [6, 6.07) is 17.8. The Morgan fingerprint density at radius 1 is 0.895 bits per heavy atom. The topological polar surface area (TPSA) is 109 Å². The lowest BCUT2D eigenvalue weighted by atomic mass is 10.1. The molecule has 38 heavy (non-hydrogen) atoms. The van der Waals surface area contributed by atoms with Crippen LogP contribution in [0.5, 0.6) is 5.75 Å². The fourth-order valence-corrected chi connectivity index (χ4v) is 5.00. The molecule has 8 nitrogen and oxygen atoms in total. The zero-order valence-electron chi connectivity index (χ0n) is 20.8. The van der Waals surface area contributed by atoms with Crippen molar-refractivity contribution in [3.8, 4) is 5.75 Å². The Labute approximate surface area is 231 Å². The Morgan fingerprint density at radius 2 is 1.63 bits per heavy atom. The highest BCUT2D eigenvalue weighted by molar-refractivity contribution is 6.40. The van der Waals surface area contributed by atoms with E-state index in [0.29, 0.717) is 5.75 Å². The van der Waals surface area contributed by atoms with Crippen molar-refractivity contribution in [3.63, 3.8) is 0 Å². The number of nitrogens with one attached hydrogen (secondary N) is 4. The third kappa shape index (κ3) is 6.76. The van der Waals surface area contributed by atoms with Crippen LogP contribution in [0.2, 0.25) is 10.0 Å². The number of fused-ring (bicyclic) bond motifs is 1. The summed E-state index contributed by atoms with van der Waals surface area (Å²) in [5.41, 5.74) is 3.54. The molecule has 0 radical (unpaired) electrons. The molecule has 0 aliphatic heterocycles. The first-order chi connectivity index (χ1) is 18.4. The summed E-state index contributed by atoms with van der Waals surface area (Å²) in [6.45, 7) is 0.663. The van der Waals surface area contributed by atoms with E-state index < -0.39 is 5.91 Å². The third-order valence-corrected chi connectivity index (χ3v) is 6.85. The molecule has 0 spiro atoms. The van der Waals surface area contributed by atoms with Crippen LogP contribution >= 0.6 is 23.2 Å². The van der Waals surface area contributed by atoms with Gasteiger partial charge in [-0.05, 0) is 53.8 Å². The fraction of sp³-hybridized carbons (Fsp3) is 0.250. The number of urea groups is 1. The highest BCUT2D eigenvalue weighted by Gasteiger charge is 2.23. The van der Waals surface area contributed by atoms with Crippen molar-refractivity contribution >= 4 is 41.0 Å². The first kappa shape index (κ1) is 27.3. The minimum Gasteiger partial charge on any atom is -0.497 e. The highest BCUT2D eigenvalue weighted by Crippen LogP contribution is 2.30. The minimum atomic E-state index is -0.504. The van der Waals surface area contributed by atoms with Gasteiger partial charge in [0.1, 0.15) is 5.75 Å². The van der Waals surface area contributed by atoms with Crippen LogP contribution in [0.25, 0.3) is 0 Å². The number of carbonyl (C=O) groups excluding carboxylic acids is 3. The van der Waals surface area contributed by atoms with Crippen molar-refractivity contribution in [2.45, 2.75) is 25.4 Å². The number of methoxy groups -OCH3 is 1. The molecule has 3 aromatic carbocycles. The summed E-state index contributed by atoms with van der Waals surface area (Å²) >= 11 is 12.6. The van der Waals surface area contributed by atoms with Crippen LogP contribution in [0.15, 0.2) is 60.7 Å². The zero-order valence-corrected chi connectivity index (χ0v) is 22.3. The monoisotopic (exact) mass is 554 g/mol. The molecular formula is C28H28Cl2N4O4. The number of carbonyl (C=O) groups is 3. The van der Waals surface area contributed by atoms with Crippen LogP contribution in [0.3, 0.4) is 0 Å². The van der Waals surface area contributed by atoms with Crippen LogP contribution in [0.4, 0.5) is 4.79 Å². The molecule has 4 amide bonds. The Morgan fingerprint density at radius 3 is 2.39 bits per heavy atom. The van der Waals surface area contributed by atoms with Gasteiger partial charge in [-0.25, -0.2) is 4.79 Å². The molecule has 0 fully saturated rings. The van der Waals surface area contributed by atoms with Crippen molar-refractivity contribution in [1.82, 2.24) is 21.3 Å². The van der Waals surface area contributed by atoms with Crippen molar-refractivity contribution in [2.24, 2.45) is 0 Å². The number of hydrogen-bond acceptors (Lipinski definition) is 4. The van der Waals surface area contributed by atoms with E-state index in [0.717, 1.165) is 24.0 Å². The molecule has 0 aromatic heterocycles. The Balaban J connectivity index is 1.25. The summed E-state index contributed by atoms with van der Waals surface area (Å²) in [4.78, 5) is 37.6. The van der Waals surface area contributed by atoms with Gasteiger partial charge in [-0.1, -0.05) is 59.6 Å². The minimum absolute atomic E-state index is 0.0235. The quantitative estimate of drug-likeness (QED) is 0.289. The van der Waals surface area contributed by atoms with E-state index in [1.54, 1.807) is 7.11 Å². The van der Waals surface area contributed by atoms with Gasteiger partial charge in [-0.2, -0.15) is 0 Å². The molecule has 1 atom stereocenters. The predicted octanol–water partition coefficient (Wildman–Crippen LogP) is 4.65. The van der Waals surface area contributed by atoms with E-state index in [9.17, 15) is 14.4 Å². The molecular weight excluding hydrogens is 527 g/mol. The third-order valence-electron chi connectivity index (χ3n) is 6.25. The van der Waals surface area contributed by atoms with E-state index in [1.807, 2.05) is 42.5 Å². The van der Waals surface area contributed by atoms with Gasteiger partial charge in [0.2, 0.25) is 0 Å². The molecule has 4 rings (SSSR count). The SMILES string of the molecule is COc1cccc(CNC(=O)c2cc(Cl)c(C(=O)NCCNC(=O)N[C@@H]3CCc4ccccc43)c(Cl)c2)c1. The number of halogens is 2. The van der Waals surface area contributed by atoms with Crippen molar-refractivity contribution < 1.29 is 19.1 Å². The van der Waals surface area contributed by atoms with Gasteiger partial charge >= 0.3 is 6.03 Å². The summed E-state index contributed by atoms with van der Waals surface area (Å²) < 4.78 is 5.19. The lowest BCUT2D eigenvalue weighted by Gasteiger charge is -2.15. The van der Waals surface area contributed by atoms with Gasteiger partial charge in [-0.15, -0.1) is 0 Å². The summed E-state index contributed by atoms with van der Waals surface area (Å²) in [7, 11) is 1.57. The number of aryl methyl sites for hydroxylation is 1. The molecule has 4 N–H and O–H groups in total. The standard InChI is InChI=1S/C28H28Cl2N4O4/c1-38-20-7-4-5-17(13-20)16-33-26(35)19-14-22(29)25(23(30)15-19)27(36)31-11-12-32-28(37)34-24-10-9-18-6-2-3-8-21(18)24/h2-8,13-15,24H,9-12,16H2,1H3,(H,31,36)(H,33,35)(H2,32,34,37)/t24-/m1/s1. The summed E-state index contributed by atoms with van der Waals surface area (Å²) in [6.07, 6.45) is 1.79. The number of amides is 4. The predicted molar refractivity (Wildman–Crippen MR) is 147 cm³/mol. The number of hydrogen-bond donors (Lipinski definition) is 4. The Bertz CT molecular complexity index is 1320. The molecule has 0 saturated carbocycles. The highest BCUT2D eigenvalue weighted by atomic mass is 35.5. The maximum Gasteiger partial charge on any atom is 0.315 e. The molecule has 198 valence electrons. The summed E-state index contributed by atoms with van der Waals surface area (Å²) in [5.74, 6) is -0.201.